The molecular formula is C19H11ClF2N4OS. The van der Waals surface area contributed by atoms with E-state index < -0.39 is 11.6 Å². The van der Waals surface area contributed by atoms with Crippen LogP contribution in [0.15, 0.2) is 18.2 Å². The summed E-state index contributed by atoms with van der Waals surface area (Å²) in [6.07, 6.45) is 0. The molecule has 140 valence electrons. The van der Waals surface area contributed by atoms with Gasteiger partial charge in [-0.3, -0.25) is 0 Å². The number of aryl methyl sites for hydroxylation is 1. The molecule has 2 N–H and O–H groups in total. The van der Waals surface area contributed by atoms with E-state index in [0.29, 0.717) is 11.1 Å². The minimum Gasteiger partial charge on any atom is -0.467 e. The second-order valence-corrected chi connectivity index (χ2v) is 7.45. The highest BCUT2D eigenvalue weighted by Crippen LogP contribution is 2.44. The van der Waals surface area contributed by atoms with Crippen LogP contribution in [0.4, 0.5) is 13.8 Å². The molecule has 2 aromatic heterocycles. The molecule has 28 heavy (non-hydrogen) atoms. The van der Waals surface area contributed by atoms with Crippen LogP contribution in [-0.4, -0.2) is 17.1 Å². The van der Waals surface area contributed by atoms with Crippen LogP contribution in [0.25, 0.3) is 32.1 Å². The summed E-state index contributed by atoms with van der Waals surface area (Å²) in [6, 6.07) is 6.10. The lowest BCUT2D eigenvalue weighted by molar-refractivity contribution is 0.380. The molecule has 9 heteroatoms. The fourth-order valence-corrected chi connectivity index (χ4v) is 4.41. The molecule has 0 bridgehead atoms. The van der Waals surface area contributed by atoms with Crippen LogP contribution in [0, 0.1) is 29.9 Å². The molecule has 0 fully saturated rings. The first-order valence-electron chi connectivity index (χ1n) is 7.98. The van der Waals surface area contributed by atoms with Crippen LogP contribution in [-0.2, 0) is 0 Å². The Hall–Kier alpha value is -3.02. The van der Waals surface area contributed by atoms with Gasteiger partial charge in [0, 0.05) is 16.3 Å². The molecule has 0 saturated carbocycles. The minimum atomic E-state index is -0.715. The molecule has 0 atom stereocenters. The average molecular weight is 417 g/mol. The van der Waals surface area contributed by atoms with Crippen LogP contribution >= 0.6 is 22.9 Å². The lowest BCUT2D eigenvalue weighted by Crippen LogP contribution is -1.99. The van der Waals surface area contributed by atoms with Gasteiger partial charge in [-0.15, -0.1) is 11.3 Å². The smallest absolute Gasteiger partial charge is 0.316 e. The van der Waals surface area contributed by atoms with Crippen molar-refractivity contribution in [2.75, 3.05) is 12.8 Å². The molecule has 5 nitrogen and oxygen atoms in total. The van der Waals surface area contributed by atoms with Gasteiger partial charge in [0.05, 0.1) is 28.1 Å². The lowest BCUT2D eigenvalue weighted by atomic mass is 9.97. The summed E-state index contributed by atoms with van der Waals surface area (Å²) >= 11 is 7.33. The van der Waals surface area contributed by atoms with E-state index in [0.717, 1.165) is 11.3 Å². The Morgan fingerprint density at radius 1 is 1.29 bits per heavy atom. The van der Waals surface area contributed by atoms with Crippen molar-refractivity contribution in [2.24, 2.45) is 0 Å². The van der Waals surface area contributed by atoms with E-state index in [4.69, 9.17) is 22.1 Å². The summed E-state index contributed by atoms with van der Waals surface area (Å²) in [7, 11) is 1.38. The van der Waals surface area contributed by atoms with E-state index in [1.165, 1.54) is 19.2 Å². The number of hydrogen-bond donors (Lipinski definition) is 1. The van der Waals surface area contributed by atoms with Crippen molar-refractivity contribution in [2.45, 2.75) is 6.92 Å². The number of hydrogen-bond acceptors (Lipinski definition) is 6. The van der Waals surface area contributed by atoms with Crippen LogP contribution < -0.4 is 10.5 Å². The van der Waals surface area contributed by atoms with Gasteiger partial charge in [-0.25, -0.2) is 8.78 Å². The number of methoxy groups -OCH3 is 1. The molecule has 4 aromatic rings. The maximum absolute atomic E-state index is 15.5. The fourth-order valence-electron chi connectivity index (χ4n) is 3.17. The van der Waals surface area contributed by atoms with Gasteiger partial charge in [0.2, 0.25) is 0 Å². The quantitative estimate of drug-likeness (QED) is 0.484. The standard InChI is InChI=1S/C19H11ClF2N4OS/c1-7-9-5-11(20)14(15(22)16(9)26-19(25-7)27-2)8-3-4-12(21)17-13(8)10(6-23)18(24)28-17/h3-5H,24H2,1-2H3. The van der Waals surface area contributed by atoms with Crippen molar-refractivity contribution in [1.82, 2.24) is 9.97 Å². The summed E-state index contributed by atoms with van der Waals surface area (Å²) in [5, 5.41) is 10.4. The maximum atomic E-state index is 15.5. The molecular weight excluding hydrogens is 406 g/mol. The molecule has 0 aliphatic rings. The number of nitrogens with two attached hydrogens (primary N) is 1. The van der Waals surface area contributed by atoms with Crippen LogP contribution in [0.1, 0.15) is 11.3 Å². The zero-order valence-electron chi connectivity index (χ0n) is 14.6. The zero-order valence-corrected chi connectivity index (χ0v) is 16.2. The van der Waals surface area contributed by atoms with Crippen LogP contribution in [0.5, 0.6) is 6.01 Å². The fraction of sp³-hybridized carbons (Fsp3) is 0.105. The van der Waals surface area contributed by atoms with Crippen molar-refractivity contribution in [1.29, 1.82) is 5.26 Å². The number of ether oxygens (including phenoxy) is 1. The Morgan fingerprint density at radius 3 is 2.71 bits per heavy atom. The number of nitrogen functional groups attached to an aromatic ring is 1. The van der Waals surface area contributed by atoms with Crippen molar-refractivity contribution in [3.8, 4) is 23.2 Å². The van der Waals surface area contributed by atoms with Crippen LogP contribution in [0.2, 0.25) is 5.02 Å². The zero-order chi connectivity index (χ0) is 20.2. The largest absolute Gasteiger partial charge is 0.467 e. The van der Waals surface area contributed by atoms with Crippen molar-refractivity contribution >= 4 is 48.9 Å². The normalized spacial score (nSPS) is 11.1. The summed E-state index contributed by atoms with van der Waals surface area (Å²) in [5.74, 6) is -1.26. The van der Waals surface area contributed by atoms with E-state index in [9.17, 15) is 9.65 Å². The molecule has 2 heterocycles. The Balaban J connectivity index is 2.17. The molecule has 0 amide bonds. The summed E-state index contributed by atoms with van der Waals surface area (Å²) in [6.45, 7) is 1.69. The average Bonchev–Trinajstić information content (AvgIpc) is 3.01. The number of rotatable bonds is 2. The highest BCUT2D eigenvalue weighted by molar-refractivity contribution is 7.23. The van der Waals surface area contributed by atoms with Gasteiger partial charge in [0.25, 0.3) is 0 Å². The first-order valence-corrected chi connectivity index (χ1v) is 9.18. The van der Waals surface area contributed by atoms with Gasteiger partial charge < -0.3 is 10.5 Å². The molecule has 0 radical (unpaired) electrons. The second-order valence-electron chi connectivity index (χ2n) is 5.99. The number of nitrogens with zero attached hydrogens (tertiary/aromatic N) is 3. The Morgan fingerprint density at radius 2 is 2.04 bits per heavy atom. The number of benzene rings is 2. The minimum absolute atomic E-state index is 0.00798. The predicted octanol–water partition coefficient (Wildman–Crippen LogP) is 5.21. The third-order valence-electron chi connectivity index (χ3n) is 4.43. The van der Waals surface area contributed by atoms with Crippen molar-refractivity contribution in [3.05, 3.63) is 46.1 Å². The number of halogens is 3. The van der Waals surface area contributed by atoms with Crippen LogP contribution in [0.3, 0.4) is 0 Å². The van der Waals surface area contributed by atoms with Gasteiger partial charge in [-0.05, 0) is 24.6 Å². The summed E-state index contributed by atoms with van der Waals surface area (Å²) in [4.78, 5) is 8.23. The highest BCUT2D eigenvalue weighted by Gasteiger charge is 2.24. The van der Waals surface area contributed by atoms with E-state index in [2.05, 4.69) is 9.97 Å². The molecule has 0 aliphatic carbocycles. The number of anilines is 1. The first-order chi connectivity index (χ1) is 13.4. The molecule has 4 rings (SSSR count). The summed E-state index contributed by atoms with van der Waals surface area (Å²) in [5.41, 5.74) is 6.74. The van der Waals surface area contributed by atoms with Gasteiger partial charge >= 0.3 is 6.01 Å². The summed E-state index contributed by atoms with van der Waals surface area (Å²) < 4.78 is 35.0. The van der Waals surface area contributed by atoms with Gasteiger partial charge in [0.1, 0.15) is 22.4 Å². The Bertz CT molecular complexity index is 1330. The van der Waals surface area contributed by atoms with E-state index in [1.807, 2.05) is 6.07 Å². The van der Waals surface area contributed by atoms with E-state index in [1.54, 1.807) is 13.0 Å². The topological polar surface area (TPSA) is 84.8 Å². The molecule has 0 spiro atoms. The Kier molecular flexibility index (Phi) is 4.29. The number of aromatic nitrogens is 2. The first kappa shape index (κ1) is 18.3. The molecule has 0 unspecified atom stereocenters. The third kappa shape index (κ3) is 2.55. The Labute approximate surface area is 167 Å². The van der Waals surface area contributed by atoms with Gasteiger partial charge in [0.15, 0.2) is 5.82 Å². The number of thiophene rings is 1. The lowest BCUT2D eigenvalue weighted by Gasteiger charge is -2.12. The van der Waals surface area contributed by atoms with Crippen molar-refractivity contribution in [3.63, 3.8) is 0 Å². The SMILES string of the molecule is COc1nc(C)c2cc(Cl)c(-c3ccc(F)c4sc(N)c(C#N)c34)c(F)c2n1. The molecule has 0 saturated heterocycles. The highest BCUT2D eigenvalue weighted by atomic mass is 35.5. The van der Waals surface area contributed by atoms with E-state index >= 15 is 4.39 Å². The van der Waals surface area contributed by atoms with E-state index in [-0.39, 0.29) is 48.3 Å². The van der Waals surface area contributed by atoms with Crippen molar-refractivity contribution < 1.29 is 13.5 Å². The molecule has 0 aliphatic heterocycles. The second kappa shape index (κ2) is 6.55. The van der Waals surface area contributed by atoms with Gasteiger partial charge in [-0.2, -0.15) is 15.2 Å². The monoisotopic (exact) mass is 416 g/mol. The molecule has 2 aromatic carbocycles. The number of nitriles is 1. The van der Waals surface area contributed by atoms with Gasteiger partial charge in [-0.1, -0.05) is 17.7 Å². The maximum Gasteiger partial charge on any atom is 0.316 e. The number of fused-ring (bicyclic) bond motifs is 2. The predicted molar refractivity (Wildman–Crippen MR) is 106 cm³/mol. The third-order valence-corrected chi connectivity index (χ3v) is 5.76.